The summed E-state index contributed by atoms with van der Waals surface area (Å²) in [5, 5.41) is 3.92. The number of hydrogen-bond acceptors (Lipinski definition) is 4. The van der Waals surface area contributed by atoms with Gasteiger partial charge in [0.05, 0.1) is 12.8 Å². The van der Waals surface area contributed by atoms with Crippen molar-refractivity contribution in [1.29, 1.82) is 0 Å². The highest BCUT2D eigenvalue weighted by Crippen LogP contribution is 2.23. The smallest absolute Gasteiger partial charge is 0.282 e. The number of benzene rings is 2. The van der Waals surface area contributed by atoms with E-state index in [1.165, 1.54) is 5.01 Å². The second-order valence-corrected chi connectivity index (χ2v) is 6.03. The maximum absolute atomic E-state index is 12.6. The van der Waals surface area contributed by atoms with Crippen molar-refractivity contribution in [2.45, 2.75) is 13.3 Å². The average molecular weight is 365 g/mol. The number of amides is 3. The van der Waals surface area contributed by atoms with E-state index in [1.807, 2.05) is 6.07 Å². The quantitative estimate of drug-likeness (QED) is 0.629. The highest BCUT2D eigenvalue weighted by Gasteiger charge is 2.36. The van der Waals surface area contributed by atoms with Crippen LogP contribution < -0.4 is 20.5 Å². The lowest BCUT2D eigenvalue weighted by atomic mass is 10.1. The zero-order valence-electron chi connectivity index (χ0n) is 15.0. The minimum absolute atomic E-state index is 0.0104. The molecular weight excluding hydrogens is 346 g/mol. The largest absolute Gasteiger partial charge is 0.497 e. The number of rotatable bonds is 5. The summed E-state index contributed by atoms with van der Waals surface area (Å²) < 4.78 is 5.07. The Morgan fingerprint density at radius 2 is 1.74 bits per heavy atom. The van der Waals surface area contributed by atoms with Gasteiger partial charge < -0.3 is 10.1 Å². The maximum atomic E-state index is 12.6. The van der Waals surface area contributed by atoms with E-state index in [4.69, 9.17) is 4.74 Å². The molecule has 0 aliphatic carbocycles. The van der Waals surface area contributed by atoms with Crippen LogP contribution in [-0.4, -0.2) is 24.8 Å². The third kappa shape index (κ3) is 3.98. The first-order valence-corrected chi connectivity index (χ1v) is 8.33. The van der Waals surface area contributed by atoms with Crippen molar-refractivity contribution >= 4 is 29.1 Å². The Balaban J connectivity index is 1.72. The Hall–Kier alpha value is -3.61. The van der Waals surface area contributed by atoms with E-state index in [2.05, 4.69) is 10.7 Å². The van der Waals surface area contributed by atoms with Gasteiger partial charge in [-0.05, 0) is 48.9 Å². The first-order valence-electron chi connectivity index (χ1n) is 8.33. The number of anilines is 2. The fraction of sp³-hybridized carbons (Fsp3) is 0.150. The molecule has 0 saturated carbocycles. The van der Waals surface area contributed by atoms with Crippen LogP contribution in [-0.2, 0) is 14.4 Å². The number of para-hydroxylation sites is 1. The fourth-order valence-corrected chi connectivity index (χ4v) is 2.76. The molecule has 2 aromatic carbocycles. The van der Waals surface area contributed by atoms with E-state index < -0.39 is 11.8 Å². The standard InChI is InChI=1S/C20H19N3O4/c1-13(12-17(24)21-14-8-10-16(27-2)11-9-14)18-19(25)22-23(20(18)26)15-6-4-3-5-7-15/h3-11H,12H2,1-2H3,(H,21,24)(H,22,25)/b18-13+. The molecule has 7 nitrogen and oxygen atoms in total. The molecule has 1 saturated heterocycles. The van der Waals surface area contributed by atoms with E-state index in [0.29, 0.717) is 22.7 Å². The molecule has 0 atom stereocenters. The predicted octanol–water partition coefficient (Wildman–Crippen LogP) is 2.42. The Labute approximate surface area is 156 Å². The van der Waals surface area contributed by atoms with Gasteiger partial charge in [-0.2, -0.15) is 0 Å². The lowest BCUT2D eigenvalue weighted by Crippen LogP contribution is -2.35. The van der Waals surface area contributed by atoms with Crippen LogP contribution in [0.25, 0.3) is 0 Å². The lowest BCUT2D eigenvalue weighted by molar-refractivity contribution is -0.117. The van der Waals surface area contributed by atoms with E-state index in [-0.39, 0.29) is 17.9 Å². The number of ether oxygens (including phenoxy) is 1. The van der Waals surface area contributed by atoms with Crippen LogP contribution in [0.4, 0.5) is 11.4 Å². The molecule has 1 aliphatic rings. The SMILES string of the molecule is COc1ccc(NC(=O)C/C(C)=C2\C(=O)NN(c3ccccc3)C2=O)cc1. The van der Waals surface area contributed by atoms with Gasteiger partial charge in [-0.25, -0.2) is 5.01 Å². The molecule has 3 amide bonds. The number of nitrogens with one attached hydrogen (secondary N) is 2. The van der Waals surface area contributed by atoms with Gasteiger partial charge in [0.2, 0.25) is 5.91 Å². The number of carbonyl (C=O) groups excluding carboxylic acids is 3. The highest BCUT2D eigenvalue weighted by molar-refractivity contribution is 6.29. The van der Waals surface area contributed by atoms with Crippen molar-refractivity contribution in [2.24, 2.45) is 0 Å². The molecule has 27 heavy (non-hydrogen) atoms. The number of nitrogens with zero attached hydrogens (tertiary/aromatic N) is 1. The molecule has 0 bridgehead atoms. The zero-order valence-corrected chi connectivity index (χ0v) is 15.0. The van der Waals surface area contributed by atoms with Gasteiger partial charge in [0.15, 0.2) is 0 Å². The number of carbonyl (C=O) groups is 3. The van der Waals surface area contributed by atoms with E-state index >= 15 is 0 Å². The van der Waals surface area contributed by atoms with Gasteiger partial charge in [-0.15, -0.1) is 0 Å². The molecule has 3 rings (SSSR count). The second kappa shape index (κ2) is 7.74. The molecule has 2 N–H and O–H groups in total. The molecule has 7 heteroatoms. The molecule has 1 heterocycles. The molecule has 0 radical (unpaired) electrons. The molecular formula is C20H19N3O4. The van der Waals surface area contributed by atoms with Crippen LogP contribution >= 0.6 is 0 Å². The maximum Gasteiger partial charge on any atom is 0.282 e. The Kier molecular flexibility index (Phi) is 5.21. The first-order chi connectivity index (χ1) is 13.0. The Morgan fingerprint density at radius 1 is 1.07 bits per heavy atom. The minimum atomic E-state index is -0.515. The molecule has 0 unspecified atom stereocenters. The second-order valence-electron chi connectivity index (χ2n) is 6.03. The summed E-state index contributed by atoms with van der Waals surface area (Å²) in [6.45, 7) is 1.61. The van der Waals surface area contributed by atoms with Crippen LogP contribution in [0.15, 0.2) is 65.7 Å². The van der Waals surface area contributed by atoms with Crippen molar-refractivity contribution in [3.63, 3.8) is 0 Å². The van der Waals surface area contributed by atoms with Crippen molar-refractivity contribution in [2.75, 3.05) is 17.4 Å². The average Bonchev–Trinajstić information content (AvgIpc) is 2.97. The summed E-state index contributed by atoms with van der Waals surface area (Å²) >= 11 is 0. The van der Waals surface area contributed by atoms with E-state index in [1.54, 1.807) is 62.6 Å². The number of methoxy groups -OCH3 is 1. The van der Waals surface area contributed by atoms with Gasteiger partial charge in [0.25, 0.3) is 11.8 Å². The minimum Gasteiger partial charge on any atom is -0.497 e. The summed E-state index contributed by atoms with van der Waals surface area (Å²) in [5.41, 5.74) is 4.08. The van der Waals surface area contributed by atoms with Crippen LogP contribution in [0.1, 0.15) is 13.3 Å². The third-order valence-electron chi connectivity index (χ3n) is 4.10. The number of hydrogen-bond donors (Lipinski definition) is 2. The van der Waals surface area contributed by atoms with Crippen LogP contribution in [0.5, 0.6) is 5.75 Å². The van der Waals surface area contributed by atoms with Gasteiger partial charge >= 0.3 is 0 Å². The van der Waals surface area contributed by atoms with E-state index in [0.717, 1.165) is 0 Å². The van der Waals surface area contributed by atoms with Gasteiger partial charge in [-0.3, -0.25) is 19.8 Å². The molecule has 1 aliphatic heterocycles. The van der Waals surface area contributed by atoms with E-state index in [9.17, 15) is 14.4 Å². The molecule has 0 aromatic heterocycles. The summed E-state index contributed by atoms with van der Waals surface area (Å²) in [7, 11) is 1.56. The molecule has 2 aromatic rings. The third-order valence-corrected chi connectivity index (χ3v) is 4.10. The molecule has 0 spiro atoms. The fourth-order valence-electron chi connectivity index (χ4n) is 2.76. The van der Waals surface area contributed by atoms with Gasteiger partial charge in [0.1, 0.15) is 11.3 Å². The monoisotopic (exact) mass is 365 g/mol. The summed E-state index contributed by atoms with van der Waals surface area (Å²) in [5.74, 6) is -0.621. The summed E-state index contributed by atoms with van der Waals surface area (Å²) in [6, 6.07) is 15.7. The number of hydrazine groups is 1. The van der Waals surface area contributed by atoms with Gasteiger partial charge in [0, 0.05) is 12.1 Å². The van der Waals surface area contributed by atoms with Crippen LogP contribution in [0, 0.1) is 0 Å². The molecule has 1 fully saturated rings. The topological polar surface area (TPSA) is 87.7 Å². The van der Waals surface area contributed by atoms with Crippen molar-refractivity contribution in [3.05, 3.63) is 65.7 Å². The summed E-state index contributed by atoms with van der Waals surface area (Å²) in [4.78, 5) is 37.1. The van der Waals surface area contributed by atoms with Gasteiger partial charge in [-0.1, -0.05) is 18.2 Å². The predicted molar refractivity (Wildman–Crippen MR) is 101 cm³/mol. The Bertz CT molecular complexity index is 905. The zero-order chi connectivity index (χ0) is 19.4. The Morgan fingerprint density at radius 3 is 2.37 bits per heavy atom. The molecule has 138 valence electrons. The lowest BCUT2D eigenvalue weighted by Gasteiger charge is -2.14. The first kappa shape index (κ1) is 18.2. The highest BCUT2D eigenvalue weighted by atomic mass is 16.5. The van der Waals surface area contributed by atoms with Crippen molar-refractivity contribution in [3.8, 4) is 5.75 Å². The van der Waals surface area contributed by atoms with Crippen LogP contribution in [0.3, 0.4) is 0 Å². The summed E-state index contributed by atoms with van der Waals surface area (Å²) in [6.07, 6.45) is -0.0663. The van der Waals surface area contributed by atoms with Crippen molar-refractivity contribution < 1.29 is 19.1 Å². The normalized spacial score (nSPS) is 15.4. The van der Waals surface area contributed by atoms with Crippen LogP contribution in [0.2, 0.25) is 0 Å². The van der Waals surface area contributed by atoms with Crippen molar-refractivity contribution in [1.82, 2.24) is 5.43 Å².